The van der Waals surface area contributed by atoms with Crippen LogP contribution < -0.4 is 16.8 Å². The van der Waals surface area contributed by atoms with E-state index in [4.69, 9.17) is 0 Å². The van der Waals surface area contributed by atoms with Gasteiger partial charge in [0.2, 0.25) is 0 Å². The standard InChI is InChI=1S/C9H9BN6.2CH3.ClH.Ti/c1-4-11-14-7(1)10(8-2-5-12-15-8)9-3-6-13-16-9;;;;/h1-6H,(H,11,14)(H,12,15)(H,13,16);2*1H3;1H;/q;2*-1;;+2. The normalized spacial score (nSPS) is 8.40. The summed E-state index contributed by atoms with van der Waals surface area (Å²) in [5.41, 5.74) is 2.98. The van der Waals surface area contributed by atoms with E-state index in [-0.39, 0.29) is 55.7 Å². The van der Waals surface area contributed by atoms with Gasteiger partial charge in [-0.2, -0.15) is 15.3 Å². The third kappa shape index (κ3) is 4.10. The second kappa shape index (κ2) is 9.58. The fourth-order valence-electron chi connectivity index (χ4n) is 1.78. The van der Waals surface area contributed by atoms with Crippen LogP contribution in [0.15, 0.2) is 36.8 Å². The minimum Gasteiger partial charge on any atom is -0.358 e. The minimum absolute atomic E-state index is 0. The predicted octanol–water partition coefficient (Wildman–Crippen LogP) is -0.308. The SMILES string of the molecule is Cl.[CH3-].[CH3-].[Ti+2].c1cc(B(c2ccn[nH]2)c2ccn[nH]2)[nH]n1. The second-order valence-electron chi connectivity index (χ2n) is 3.47. The quantitative estimate of drug-likeness (QED) is 0.456. The monoisotopic (exact) mass is 326 g/mol. The molecule has 0 unspecified atom stereocenters. The van der Waals surface area contributed by atoms with Gasteiger partial charge < -0.3 is 14.9 Å². The first-order chi connectivity index (χ1) is 7.95. The largest absolute Gasteiger partial charge is 2.00 e. The van der Waals surface area contributed by atoms with Crippen molar-refractivity contribution in [1.29, 1.82) is 0 Å². The van der Waals surface area contributed by atoms with E-state index < -0.39 is 0 Å². The van der Waals surface area contributed by atoms with E-state index in [2.05, 4.69) is 30.6 Å². The van der Waals surface area contributed by atoms with Crippen LogP contribution in [0.5, 0.6) is 0 Å². The van der Waals surface area contributed by atoms with Crippen molar-refractivity contribution in [2.45, 2.75) is 0 Å². The van der Waals surface area contributed by atoms with E-state index >= 15 is 0 Å². The van der Waals surface area contributed by atoms with Crippen LogP contribution >= 0.6 is 12.4 Å². The average Bonchev–Trinajstić information content (AvgIpc) is 3.02. The first kappa shape index (κ1) is 21.0. The molecular formula is C11H16BClN6Ti. The molecule has 6 nitrogen and oxygen atoms in total. The van der Waals surface area contributed by atoms with Crippen molar-refractivity contribution in [2.75, 3.05) is 0 Å². The summed E-state index contributed by atoms with van der Waals surface area (Å²) >= 11 is 0. The molecule has 9 heteroatoms. The maximum Gasteiger partial charge on any atom is 2.00 e. The second-order valence-corrected chi connectivity index (χ2v) is 3.47. The molecule has 3 aromatic heterocycles. The molecule has 0 aliphatic heterocycles. The summed E-state index contributed by atoms with van der Waals surface area (Å²) < 4.78 is 0. The molecule has 0 spiro atoms. The molecule has 20 heavy (non-hydrogen) atoms. The maximum atomic E-state index is 3.97. The van der Waals surface area contributed by atoms with Crippen LogP contribution in [0, 0.1) is 14.9 Å². The van der Waals surface area contributed by atoms with Crippen molar-refractivity contribution in [2.24, 2.45) is 0 Å². The summed E-state index contributed by atoms with van der Waals surface area (Å²) in [5, 5.41) is 20.8. The Morgan fingerprint density at radius 3 is 1.20 bits per heavy atom. The van der Waals surface area contributed by atoms with Gasteiger partial charge in [-0.15, -0.1) is 12.4 Å². The number of aromatic nitrogens is 6. The number of hydrogen-bond acceptors (Lipinski definition) is 3. The Kier molecular flexibility index (Phi) is 10.1. The zero-order valence-electron chi connectivity index (χ0n) is 11.3. The molecule has 0 radical (unpaired) electrons. The fraction of sp³-hybridized carbons (Fsp3) is 0. The number of halogens is 1. The Balaban J connectivity index is 0. The molecule has 0 fully saturated rings. The Labute approximate surface area is 139 Å². The van der Waals surface area contributed by atoms with Gasteiger partial charge in [-0.3, -0.25) is 15.3 Å². The predicted molar refractivity (Wildman–Crippen MR) is 80.5 cm³/mol. The molecule has 0 aliphatic rings. The molecule has 0 aliphatic carbocycles. The number of aromatic amines is 3. The molecule has 0 atom stereocenters. The van der Waals surface area contributed by atoms with Crippen LogP contribution in [0.25, 0.3) is 0 Å². The Hall–Kier alpha value is -1.30. The number of nitrogens with one attached hydrogen (secondary N) is 3. The molecule has 0 saturated carbocycles. The topological polar surface area (TPSA) is 86.0 Å². The van der Waals surface area contributed by atoms with Gasteiger partial charge in [0, 0.05) is 35.4 Å². The Morgan fingerprint density at radius 1 is 0.700 bits per heavy atom. The molecular weight excluding hydrogens is 310 g/mol. The molecule has 3 rings (SSSR count). The minimum atomic E-state index is 0. The summed E-state index contributed by atoms with van der Waals surface area (Å²) in [7, 11) is 0. The van der Waals surface area contributed by atoms with Crippen molar-refractivity contribution >= 4 is 35.9 Å². The Bertz CT molecular complexity index is 458. The molecule has 0 aromatic carbocycles. The van der Waals surface area contributed by atoms with Crippen LogP contribution in [-0.4, -0.2) is 37.3 Å². The number of rotatable bonds is 3. The van der Waals surface area contributed by atoms with Gasteiger partial charge in [0.25, 0.3) is 0 Å². The fourth-order valence-corrected chi connectivity index (χ4v) is 1.78. The van der Waals surface area contributed by atoms with Crippen molar-refractivity contribution in [1.82, 2.24) is 30.6 Å². The molecule has 0 amide bonds. The van der Waals surface area contributed by atoms with Crippen LogP contribution in [-0.2, 0) is 21.7 Å². The van der Waals surface area contributed by atoms with E-state index in [1.807, 2.05) is 18.2 Å². The summed E-state index contributed by atoms with van der Waals surface area (Å²) in [4.78, 5) is 0. The van der Waals surface area contributed by atoms with Gasteiger partial charge in [-0.1, -0.05) is 0 Å². The van der Waals surface area contributed by atoms with Crippen molar-refractivity contribution < 1.29 is 21.7 Å². The number of nitrogens with zero attached hydrogens (tertiary/aromatic N) is 3. The van der Waals surface area contributed by atoms with Gasteiger partial charge in [0.05, 0.1) is 0 Å². The van der Waals surface area contributed by atoms with E-state index in [1.165, 1.54) is 0 Å². The van der Waals surface area contributed by atoms with Gasteiger partial charge in [0.1, 0.15) is 0 Å². The van der Waals surface area contributed by atoms with Crippen molar-refractivity contribution in [3.05, 3.63) is 51.6 Å². The summed E-state index contributed by atoms with van der Waals surface area (Å²) in [5.74, 6) is 0. The molecule has 104 valence electrons. The summed E-state index contributed by atoms with van der Waals surface area (Å²) in [6.45, 7) is 0.0347. The van der Waals surface area contributed by atoms with E-state index in [0.29, 0.717) is 0 Å². The third-order valence-electron chi connectivity index (χ3n) is 2.50. The van der Waals surface area contributed by atoms with Gasteiger partial charge >= 0.3 is 28.4 Å². The number of H-pyrrole nitrogens is 3. The first-order valence-electron chi connectivity index (χ1n) is 4.93. The number of hydrogen-bond donors (Lipinski definition) is 3. The molecule has 0 saturated heterocycles. The zero-order chi connectivity index (χ0) is 10.8. The van der Waals surface area contributed by atoms with Crippen LogP contribution in [0.1, 0.15) is 0 Å². The third-order valence-corrected chi connectivity index (χ3v) is 2.50. The van der Waals surface area contributed by atoms with Crippen LogP contribution in [0.3, 0.4) is 0 Å². The van der Waals surface area contributed by atoms with Crippen molar-refractivity contribution in [3.63, 3.8) is 0 Å². The van der Waals surface area contributed by atoms with E-state index in [1.54, 1.807) is 18.6 Å². The zero-order valence-corrected chi connectivity index (χ0v) is 13.7. The van der Waals surface area contributed by atoms with Gasteiger partial charge in [-0.05, 0) is 18.2 Å². The van der Waals surface area contributed by atoms with Crippen molar-refractivity contribution in [3.8, 4) is 0 Å². The van der Waals surface area contributed by atoms with Crippen LogP contribution in [0.4, 0.5) is 0 Å². The smallest absolute Gasteiger partial charge is 0.358 e. The van der Waals surface area contributed by atoms with Crippen LogP contribution in [0.2, 0.25) is 0 Å². The summed E-state index contributed by atoms with van der Waals surface area (Å²) in [6.07, 6.45) is 5.19. The van der Waals surface area contributed by atoms with Gasteiger partial charge in [0.15, 0.2) is 0 Å². The van der Waals surface area contributed by atoms with E-state index in [0.717, 1.165) is 16.8 Å². The molecule has 3 aromatic rings. The molecule has 3 N–H and O–H groups in total. The van der Waals surface area contributed by atoms with Gasteiger partial charge in [-0.25, -0.2) is 0 Å². The molecule has 3 heterocycles. The summed E-state index contributed by atoms with van der Waals surface area (Å²) in [6, 6.07) is 5.81. The molecule has 0 bridgehead atoms. The Morgan fingerprint density at radius 2 is 1.00 bits per heavy atom. The average molecular weight is 326 g/mol. The first-order valence-corrected chi connectivity index (χ1v) is 4.93. The van der Waals surface area contributed by atoms with E-state index in [9.17, 15) is 0 Å². The maximum absolute atomic E-state index is 3.97.